The smallest absolute Gasteiger partial charge is 0.410 e. The molecule has 1 atom stereocenters. The van der Waals surface area contributed by atoms with Crippen LogP contribution in [0.2, 0.25) is 0 Å². The average molecular weight is 858 g/mol. The van der Waals surface area contributed by atoms with Crippen LogP contribution in [0.25, 0.3) is 0 Å². The van der Waals surface area contributed by atoms with Crippen molar-refractivity contribution in [3.05, 3.63) is 107 Å². The lowest BCUT2D eigenvalue weighted by molar-refractivity contribution is 0.0142. The van der Waals surface area contributed by atoms with Gasteiger partial charge in [-0.1, -0.05) is 42.5 Å². The zero-order chi connectivity index (χ0) is 43.4. The highest BCUT2D eigenvalue weighted by atomic mass is 35.5. The zero-order valence-corrected chi connectivity index (χ0v) is 36.9. The van der Waals surface area contributed by atoms with Gasteiger partial charge in [-0.25, -0.2) is 23.2 Å². The molecule has 1 aliphatic heterocycles. The minimum absolute atomic E-state index is 0. The van der Waals surface area contributed by atoms with Gasteiger partial charge in [0.05, 0.1) is 30.3 Å². The molecule has 0 aromatic heterocycles. The second kappa shape index (κ2) is 22.2. The number of alkyl carbamates (subject to hydrolysis) is 1. The van der Waals surface area contributed by atoms with E-state index in [9.17, 15) is 28.0 Å². The number of carbonyl (C=O) groups excluding carboxylic acids is 4. The van der Waals surface area contributed by atoms with E-state index in [-0.39, 0.29) is 66.9 Å². The predicted molar refractivity (Wildman–Crippen MR) is 229 cm³/mol. The SMILES string of the molecule is CC(C)(CN(CC(=O)c1ccc(F)cc1)C(=O)OCc1ccccc1)NC(=O)OC(C)(C)C.CN1CC(c2ccc(F)cc2)N(C(=O)NCCOCC2CC2)C(C)(C)C1.Cl. The summed E-state index contributed by atoms with van der Waals surface area (Å²) in [5.74, 6) is -0.390. The average Bonchev–Trinajstić information content (AvgIpc) is 3.97. The number of amides is 4. The van der Waals surface area contributed by atoms with E-state index in [1.54, 1.807) is 46.8 Å². The Balaban J connectivity index is 0.000000323. The molecule has 15 heteroatoms. The number of ketones is 1. The van der Waals surface area contributed by atoms with Crippen molar-refractivity contribution in [1.82, 2.24) is 25.3 Å². The lowest BCUT2D eigenvalue weighted by Crippen LogP contribution is -2.63. The molecule has 1 heterocycles. The van der Waals surface area contributed by atoms with Crippen LogP contribution < -0.4 is 10.6 Å². The molecule has 3 aromatic carbocycles. The number of hydrogen-bond donors (Lipinski definition) is 2. The van der Waals surface area contributed by atoms with Crippen LogP contribution in [-0.4, -0.2) is 108 Å². The lowest BCUT2D eigenvalue weighted by Gasteiger charge is -2.51. The molecule has 1 unspecified atom stereocenters. The number of rotatable bonds is 14. The fourth-order valence-electron chi connectivity index (χ4n) is 6.80. The quantitative estimate of drug-likeness (QED) is 0.122. The van der Waals surface area contributed by atoms with Crippen LogP contribution in [0.5, 0.6) is 0 Å². The molecule has 1 aliphatic carbocycles. The predicted octanol–water partition coefficient (Wildman–Crippen LogP) is 8.40. The molecule has 0 bridgehead atoms. The van der Waals surface area contributed by atoms with Crippen LogP contribution in [0.1, 0.15) is 88.8 Å². The number of urea groups is 1. The van der Waals surface area contributed by atoms with E-state index in [1.807, 2.05) is 35.2 Å². The van der Waals surface area contributed by atoms with Crippen molar-refractivity contribution in [2.45, 2.75) is 90.6 Å². The van der Waals surface area contributed by atoms with E-state index in [0.717, 1.165) is 36.7 Å². The third kappa shape index (κ3) is 16.7. The third-order valence-electron chi connectivity index (χ3n) is 9.54. The molecule has 1 saturated heterocycles. The maximum absolute atomic E-state index is 13.3. The van der Waals surface area contributed by atoms with Gasteiger partial charge in [0, 0.05) is 38.3 Å². The van der Waals surface area contributed by atoms with E-state index in [2.05, 4.69) is 36.4 Å². The second-order valence-corrected chi connectivity index (χ2v) is 17.5. The molecular formula is C45H62ClF2N5O7. The minimum atomic E-state index is -0.933. The molecule has 3 aromatic rings. The molecule has 4 amide bonds. The number of nitrogens with one attached hydrogen (secondary N) is 2. The fraction of sp³-hybridized carbons (Fsp3) is 0.511. The highest BCUT2D eigenvalue weighted by Gasteiger charge is 2.42. The van der Waals surface area contributed by atoms with Crippen LogP contribution >= 0.6 is 12.4 Å². The summed E-state index contributed by atoms with van der Waals surface area (Å²) in [6.07, 6.45) is 1.17. The summed E-state index contributed by atoms with van der Waals surface area (Å²) >= 11 is 0. The number of nitrogens with zero attached hydrogens (tertiary/aromatic N) is 3. The second-order valence-electron chi connectivity index (χ2n) is 17.5. The Morgan fingerprint density at radius 1 is 0.883 bits per heavy atom. The Hall–Kier alpha value is -4.79. The van der Waals surface area contributed by atoms with Gasteiger partial charge < -0.3 is 34.6 Å². The van der Waals surface area contributed by atoms with Crippen LogP contribution in [0, 0.1) is 17.6 Å². The normalized spacial score (nSPS) is 16.3. The first-order chi connectivity index (χ1) is 27.7. The summed E-state index contributed by atoms with van der Waals surface area (Å²) < 4.78 is 42.8. The third-order valence-corrected chi connectivity index (χ3v) is 9.54. The number of Topliss-reactive ketones (excluding diaryl/α,β-unsaturated/α-hetero) is 1. The zero-order valence-electron chi connectivity index (χ0n) is 36.1. The minimum Gasteiger partial charge on any atom is -0.445 e. The van der Waals surface area contributed by atoms with Gasteiger partial charge in [-0.15, -0.1) is 12.4 Å². The first-order valence-electron chi connectivity index (χ1n) is 20.1. The summed E-state index contributed by atoms with van der Waals surface area (Å²) in [5.41, 5.74) is 0.0537. The summed E-state index contributed by atoms with van der Waals surface area (Å²) in [7, 11) is 2.05. The number of hydrogen-bond acceptors (Lipinski definition) is 8. The van der Waals surface area contributed by atoms with Crippen molar-refractivity contribution in [2.75, 3.05) is 53.0 Å². The Bertz CT molecular complexity index is 1840. The summed E-state index contributed by atoms with van der Waals surface area (Å²) in [6.45, 7) is 15.8. The fourth-order valence-corrected chi connectivity index (χ4v) is 6.80. The number of piperazine rings is 1. The van der Waals surface area contributed by atoms with E-state index in [0.29, 0.717) is 13.2 Å². The Morgan fingerprint density at radius 2 is 1.48 bits per heavy atom. The number of carbonyl (C=O) groups is 4. The van der Waals surface area contributed by atoms with Crippen molar-refractivity contribution < 1.29 is 42.2 Å². The monoisotopic (exact) mass is 857 g/mol. The van der Waals surface area contributed by atoms with Gasteiger partial charge in [0.1, 0.15) is 23.8 Å². The van der Waals surface area contributed by atoms with Crippen LogP contribution in [0.15, 0.2) is 78.9 Å². The molecule has 0 radical (unpaired) electrons. The van der Waals surface area contributed by atoms with Gasteiger partial charge in [0.25, 0.3) is 0 Å². The van der Waals surface area contributed by atoms with E-state index in [4.69, 9.17) is 14.2 Å². The highest BCUT2D eigenvalue weighted by molar-refractivity contribution is 5.98. The largest absolute Gasteiger partial charge is 0.445 e. The van der Waals surface area contributed by atoms with E-state index < -0.39 is 29.1 Å². The van der Waals surface area contributed by atoms with Crippen LogP contribution in [-0.2, 0) is 20.8 Å². The number of likely N-dealkylation sites (N-methyl/N-ethyl adjacent to an activating group) is 1. The first kappa shape index (κ1) is 49.6. The molecule has 5 rings (SSSR count). The summed E-state index contributed by atoms with van der Waals surface area (Å²) in [6, 6.07) is 20.5. The van der Waals surface area contributed by atoms with Crippen molar-refractivity contribution in [2.24, 2.45) is 5.92 Å². The van der Waals surface area contributed by atoms with Gasteiger partial charge in [-0.2, -0.15) is 0 Å². The number of ether oxygens (including phenoxy) is 3. The molecule has 2 aliphatic rings. The van der Waals surface area contributed by atoms with Crippen molar-refractivity contribution in [1.29, 1.82) is 0 Å². The molecular weight excluding hydrogens is 796 g/mol. The van der Waals surface area contributed by atoms with Crippen LogP contribution in [0.4, 0.5) is 23.2 Å². The van der Waals surface area contributed by atoms with Gasteiger partial charge >= 0.3 is 18.2 Å². The maximum Gasteiger partial charge on any atom is 0.410 e. The molecule has 2 N–H and O–H groups in total. The number of benzene rings is 3. The Labute approximate surface area is 359 Å². The summed E-state index contributed by atoms with van der Waals surface area (Å²) in [4.78, 5) is 56.2. The van der Waals surface area contributed by atoms with E-state index in [1.165, 1.54) is 54.1 Å². The molecule has 60 heavy (non-hydrogen) atoms. The van der Waals surface area contributed by atoms with Gasteiger partial charge in [0.2, 0.25) is 0 Å². The Kier molecular flexibility index (Phi) is 18.3. The summed E-state index contributed by atoms with van der Waals surface area (Å²) in [5, 5.41) is 5.72. The molecule has 0 spiro atoms. The van der Waals surface area contributed by atoms with Gasteiger partial charge in [0.15, 0.2) is 5.78 Å². The van der Waals surface area contributed by atoms with Crippen molar-refractivity contribution in [3.63, 3.8) is 0 Å². The highest BCUT2D eigenvalue weighted by Crippen LogP contribution is 2.34. The standard InChI is InChI=1S/C25H31FN2O5.C20H30FN3O2.ClH/c1-24(2,3)33-22(30)27-25(4,5)17-28(15-21(29)19-11-13-20(26)14-12-19)23(31)32-16-18-9-7-6-8-10-18;1-20(2)14-23(3)12-18(16-6-8-17(21)9-7-16)24(20)19(25)22-10-11-26-13-15-4-5-15;/h6-14H,15-17H2,1-5H3,(H,27,30);6-9,15,18H,4-5,10-14H2,1-3H3,(H,22,25);1H. The van der Waals surface area contributed by atoms with Crippen molar-refractivity contribution >= 4 is 36.4 Å². The molecule has 1 saturated carbocycles. The Morgan fingerprint density at radius 3 is 2.07 bits per heavy atom. The number of halogens is 3. The topological polar surface area (TPSA) is 130 Å². The van der Waals surface area contributed by atoms with E-state index >= 15 is 0 Å². The van der Waals surface area contributed by atoms with Crippen molar-refractivity contribution in [3.8, 4) is 0 Å². The van der Waals surface area contributed by atoms with Gasteiger partial charge in [-0.3, -0.25) is 9.69 Å². The lowest BCUT2D eigenvalue weighted by atomic mass is 9.92. The van der Waals surface area contributed by atoms with Gasteiger partial charge in [-0.05, 0) is 122 Å². The molecule has 330 valence electrons. The molecule has 2 fully saturated rings. The first-order valence-corrected chi connectivity index (χ1v) is 20.1. The van der Waals surface area contributed by atoms with Crippen LogP contribution in [0.3, 0.4) is 0 Å². The molecule has 12 nitrogen and oxygen atoms in total. The maximum atomic E-state index is 13.3.